The molecule has 2 heterocycles. The van der Waals surface area contributed by atoms with Crippen LogP contribution in [0.4, 0.5) is 0 Å². The van der Waals surface area contributed by atoms with Crippen molar-refractivity contribution >= 4 is 7.55 Å². The first-order valence-corrected chi connectivity index (χ1v) is 6.94. The lowest BCUT2D eigenvalue weighted by Gasteiger charge is -2.20. The smallest absolute Gasteiger partial charge is 0.311 e. The Labute approximate surface area is 116 Å². The van der Waals surface area contributed by atoms with E-state index in [2.05, 4.69) is 97.1 Å². The molecule has 2 aromatic rings. The summed E-state index contributed by atoms with van der Waals surface area (Å²) in [5.41, 5.74) is 0.173. The molecule has 2 aromatic heterocycles. The fourth-order valence-corrected chi connectivity index (χ4v) is 2.01. The zero-order chi connectivity index (χ0) is 14.3. The van der Waals surface area contributed by atoms with Gasteiger partial charge in [-0.1, -0.05) is 12.4 Å². The Morgan fingerprint density at radius 2 is 1.16 bits per heavy atom. The van der Waals surface area contributed by atoms with E-state index in [0.717, 1.165) is 0 Å². The Balaban J connectivity index is 2.14. The van der Waals surface area contributed by atoms with Crippen LogP contribution >= 0.6 is 0 Å². The molecule has 104 valence electrons. The Hall–Kier alpha value is -1.52. The zero-order valence-electron chi connectivity index (χ0n) is 13.1. The van der Waals surface area contributed by atoms with E-state index in [0.29, 0.717) is 0 Å². The third-order valence-electron chi connectivity index (χ3n) is 3.29. The molecule has 2 rings (SSSR count). The van der Waals surface area contributed by atoms with Crippen LogP contribution in [0.15, 0.2) is 24.8 Å². The van der Waals surface area contributed by atoms with E-state index in [1.807, 2.05) is 0 Å². The molecule has 0 amide bonds. The van der Waals surface area contributed by atoms with Gasteiger partial charge in [-0.3, -0.25) is 0 Å². The number of imidazole rings is 2. The summed E-state index contributed by atoms with van der Waals surface area (Å²) in [5.74, 6) is 0. The minimum absolute atomic E-state index is 0.0864. The lowest BCUT2D eigenvalue weighted by molar-refractivity contribution is -0.663. The maximum Gasteiger partial charge on any atom is 0.311 e. The number of aromatic nitrogens is 4. The summed E-state index contributed by atoms with van der Waals surface area (Å²) in [6.45, 7) is 13.1. The zero-order valence-corrected chi connectivity index (χ0v) is 13.1. The monoisotopic (exact) mass is 259 g/mol. The van der Waals surface area contributed by atoms with Crippen LogP contribution in [0.1, 0.15) is 41.5 Å². The van der Waals surface area contributed by atoms with Crippen molar-refractivity contribution in [1.29, 1.82) is 0 Å². The highest BCUT2D eigenvalue weighted by Crippen LogP contribution is 2.11. The first-order valence-electron chi connectivity index (χ1n) is 6.94. The van der Waals surface area contributed by atoms with Gasteiger partial charge in [0.1, 0.15) is 0 Å². The fraction of sp³-hybridized carbons (Fsp3) is 0.571. The van der Waals surface area contributed by atoms with Crippen molar-refractivity contribution in [3.63, 3.8) is 0 Å². The molecule has 0 atom stereocenters. The van der Waals surface area contributed by atoms with E-state index in [9.17, 15) is 0 Å². The van der Waals surface area contributed by atoms with Crippen LogP contribution in [-0.4, -0.2) is 16.7 Å². The SMILES string of the molecule is CC(C)(C)n1[c-][n+]([BH2-][n+]2[c-]n(C(C)(C)C)cc2)cc1. The van der Waals surface area contributed by atoms with Gasteiger partial charge < -0.3 is 18.1 Å². The molecule has 0 fully saturated rings. The molecule has 0 unspecified atom stereocenters. The molecule has 0 aliphatic rings. The third kappa shape index (κ3) is 3.28. The van der Waals surface area contributed by atoms with Crippen LogP contribution in [0, 0.1) is 12.7 Å². The molecule has 0 bridgehead atoms. The number of rotatable bonds is 2. The van der Waals surface area contributed by atoms with Crippen LogP contribution in [-0.2, 0) is 11.1 Å². The number of hydrogen-bond donors (Lipinski definition) is 0. The largest absolute Gasteiger partial charge is 0.520 e. The summed E-state index contributed by atoms with van der Waals surface area (Å²) in [4.78, 5) is 0. The van der Waals surface area contributed by atoms with E-state index in [1.165, 1.54) is 0 Å². The van der Waals surface area contributed by atoms with Gasteiger partial charge in [0.05, 0.1) is 11.1 Å². The summed E-state index contributed by atoms with van der Waals surface area (Å²) in [6, 6.07) is 0. The lowest BCUT2D eigenvalue weighted by Crippen LogP contribution is -2.58. The topological polar surface area (TPSA) is 17.6 Å². The van der Waals surface area contributed by atoms with Crippen molar-refractivity contribution < 1.29 is 8.96 Å². The Bertz CT molecular complexity index is 504. The van der Waals surface area contributed by atoms with Crippen molar-refractivity contribution in [2.75, 3.05) is 0 Å². The molecular formula is C14H24BN4-. The van der Waals surface area contributed by atoms with Gasteiger partial charge in [-0.05, 0) is 53.9 Å². The molecule has 0 N–H and O–H groups in total. The molecule has 5 heteroatoms. The van der Waals surface area contributed by atoms with Gasteiger partial charge in [-0.25, -0.2) is 0 Å². The summed E-state index contributed by atoms with van der Waals surface area (Å²) in [5, 5.41) is 0. The molecule has 4 nitrogen and oxygen atoms in total. The van der Waals surface area contributed by atoms with Gasteiger partial charge >= 0.3 is 7.55 Å². The number of nitrogens with zero attached hydrogens (tertiary/aromatic N) is 4. The normalized spacial score (nSPS) is 12.9. The first kappa shape index (κ1) is 13.9. The van der Waals surface area contributed by atoms with Crippen molar-refractivity contribution in [1.82, 2.24) is 9.13 Å². The molecule has 0 saturated carbocycles. The summed E-state index contributed by atoms with van der Waals surface area (Å²) < 4.78 is 8.57. The molecule has 0 aliphatic carbocycles. The lowest BCUT2D eigenvalue weighted by atomic mass is 10.1. The number of hydrogen-bond acceptors (Lipinski definition) is 0. The van der Waals surface area contributed by atoms with Crippen LogP contribution < -0.4 is 8.96 Å². The quantitative estimate of drug-likeness (QED) is 0.548. The van der Waals surface area contributed by atoms with E-state index >= 15 is 0 Å². The van der Waals surface area contributed by atoms with Gasteiger partial charge in [-0.2, -0.15) is 0 Å². The highest BCUT2D eigenvalue weighted by molar-refractivity contribution is 6.11. The third-order valence-corrected chi connectivity index (χ3v) is 3.29. The summed E-state index contributed by atoms with van der Waals surface area (Å²) in [7, 11) is -0.492. The average molecular weight is 259 g/mol. The second kappa shape index (κ2) is 4.55. The second-order valence-corrected chi connectivity index (χ2v) is 7.30. The van der Waals surface area contributed by atoms with E-state index in [1.54, 1.807) is 0 Å². The predicted molar refractivity (Wildman–Crippen MR) is 76.3 cm³/mol. The van der Waals surface area contributed by atoms with E-state index in [4.69, 9.17) is 0 Å². The van der Waals surface area contributed by atoms with Crippen LogP contribution in [0.5, 0.6) is 0 Å². The minimum Gasteiger partial charge on any atom is -0.520 e. The summed E-state index contributed by atoms with van der Waals surface area (Å²) in [6.07, 6.45) is 15.1. The van der Waals surface area contributed by atoms with Gasteiger partial charge in [0, 0.05) is 0 Å². The highest BCUT2D eigenvalue weighted by atomic mass is 15.2. The molecule has 0 radical (unpaired) electrons. The van der Waals surface area contributed by atoms with Crippen molar-refractivity contribution in [3.8, 4) is 0 Å². The van der Waals surface area contributed by atoms with E-state index in [-0.39, 0.29) is 11.1 Å². The molecular weight excluding hydrogens is 235 g/mol. The minimum atomic E-state index is -0.492. The van der Waals surface area contributed by atoms with Crippen LogP contribution in [0.2, 0.25) is 0 Å². The maximum absolute atomic E-state index is 3.39. The van der Waals surface area contributed by atoms with Crippen LogP contribution in [0.3, 0.4) is 0 Å². The van der Waals surface area contributed by atoms with Gasteiger partial charge in [0.2, 0.25) is 0 Å². The molecule has 0 aliphatic heterocycles. The highest BCUT2D eigenvalue weighted by Gasteiger charge is 2.14. The molecule has 0 saturated heterocycles. The van der Waals surface area contributed by atoms with Gasteiger partial charge in [-0.15, -0.1) is 0 Å². The standard InChI is InChI=1S/C14H24BN4/c1-13(2,3)16-7-9-18(11-16)15-19-10-8-17(12-19)14(4,5)6/h7-10H,15H2,1-6H3/q-1. The van der Waals surface area contributed by atoms with Gasteiger partial charge in [0.15, 0.2) is 12.7 Å². The predicted octanol–water partition coefficient (Wildman–Crippen LogP) is 0.370. The van der Waals surface area contributed by atoms with Crippen LogP contribution in [0.25, 0.3) is 0 Å². The Morgan fingerprint density at radius 3 is 1.42 bits per heavy atom. The summed E-state index contributed by atoms with van der Waals surface area (Å²) >= 11 is 0. The van der Waals surface area contributed by atoms with Crippen molar-refractivity contribution in [2.45, 2.75) is 52.6 Å². The molecule has 19 heavy (non-hydrogen) atoms. The molecule has 0 aromatic carbocycles. The van der Waals surface area contributed by atoms with Crippen molar-refractivity contribution in [3.05, 3.63) is 37.4 Å². The van der Waals surface area contributed by atoms with Crippen molar-refractivity contribution in [2.24, 2.45) is 0 Å². The first-order chi connectivity index (χ1) is 8.66. The Morgan fingerprint density at radius 1 is 0.789 bits per heavy atom. The average Bonchev–Trinajstić information content (AvgIpc) is 2.84. The van der Waals surface area contributed by atoms with Gasteiger partial charge in [0.25, 0.3) is 0 Å². The fourth-order valence-electron chi connectivity index (χ4n) is 2.01. The maximum atomic E-state index is 3.39. The molecule has 0 spiro atoms. The Kier molecular flexibility index (Phi) is 3.33. The second-order valence-electron chi connectivity index (χ2n) is 7.30. The van der Waals surface area contributed by atoms with E-state index < -0.39 is 7.55 Å².